The molecule has 0 spiro atoms. The van der Waals surface area contributed by atoms with E-state index in [0.717, 1.165) is 0 Å². The Morgan fingerprint density at radius 2 is 1.48 bits per heavy atom. The maximum absolute atomic E-state index is 13.0. The van der Waals surface area contributed by atoms with Gasteiger partial charge in [-0.2, -0.15) is 0 Å². The highest BCUT2D eigenvalue weighted by Crippen LogP contribution is 2.36. The van der Waals surface area contributed by atoms with Crippen molar-refractivity contribution in [3.63, 3.8) is 0 Å². The molecule has 1 aliphatic rings. The molecule has 0 fully saturated rings. The van der Waals surface area contributed by atoms with Crippen molar-refractivity contribution in [1.82, 2.24) is 4.90 Å². The van der Waals surface area contributed by atoms with Crippen molar-refractivity contribution in [3.05, 3.63) is 35.4 Å². The minimum Gasteiger partial charge on any atom is -0.464 e. The van der Waals surface area contributed by atoms with E-state index in [1.807, 2.05) is 0 Å². The van der Waals surface area contributed by atoms with Crippen molar-refractivity contribution in [3.8, 4) is 0 Å². The Balaban J connectivity index is 2.67. The fourth-order valence-corrected chi connectivity index (χ4v) is 3.63. The molecule has 0 saturated carbocycles. The normalized spacial score (nSPS) is 14.7. The van der Waals surface area contributed by atoms with E-state index in [4.69, 9.17) is 9.47 Å². The molecule has 2 amide bonds. The van der Waals surface area contributed by atoms with Gasteiger partial charge in [-0.15, -0.1) is 0 Å². The van der Waals surface area contributed by atoms with E-state index < -0.39 is 34.1 Å². The molecule has 146 valence electrons. The monoisotopic (exact) mass is 503 g/mol. The first-order chi connectivity index (χ1) is 12.8. The number of nitrogens with zero attached hydrogens (tertiary/aromatic N) is 1. The van der Waals surface area contributed by atoms with Gasteiger partial charge in [0, 0.05) is 16.6 Å². The lowest BCUT2D eigenvalue weighted by molar-refractivity contribution is -0.171. The van der Waals surface area contributed by atoms with Gasteiger partial charge in [0.1, 0.15) is 0 Å². The lowest BCUT2D eigenvalue weighted by Gasteiger charge is -2.36. The van der Waals surface area contributed by atoms with Gasteiger partial charge in [0.25, 0.3) is 11.8 Å². The van der Waals surface area contributed by atoms with Crippen LogP contribution in [0.15, 0.2) is 24.3 Å². The van der Waals surface area contributed by atoms with Crippen LogP contribution >= 0.6 is 31.9 Å². The molecule has 1 unspecified atom stereocenters. The van der Waals surface area contributed by atoms with Gasteiger partial charge in [0.15, 0.2) is 0 Å². The minimum atomic E-state index is -2.22. The predicted octanol–water partition coefficient (Wildman–Crippen LogP) is 2.70. The lowest BCUT2D eigenvalue weighted by Crippen LogP contribution is -2.64. The average Bonchev–Trinajstić information content (AvgIpc) is 2.91. The van der Waals surface area contributed by atoms with Crippen LogP contribution in [0.5, 0.6) is 0 Å². The van der Waals surface area contributed by atoms with Crippen LogP contribution in [0.3, 0.4) is 0 Å². The number of ether oxygens (including phenoxy) is 2. The van der Waals surface area contributed by atoms with Crippen LogP contribution in [0.25, 0.3) is 0 Å². The zero-order valence-corrected chi connectivity index (χ0v) is 18.0. The Morgan fingerprint density at radius 3 is 1.85 bits per heavy atom. The van der Waals surface area contributed by atoms with Crippen molar-refractivity contribution in [1.29, 1.82) is 0 Å². The molecular formula is C18H19Br2NO6. The van der Waals surface area contributed by atoms with Gasteiger partial charge < -0.3 is 9.47 Å². The Labute approximate surface area is 173 Å². The quantitative estimate of drug-likeness (QED) is 0.234. The van der Waals surface area contributed by atoms with Crippen LogP contribution in [0.1, 0.15) is 41.0 Å². The van der Waals surface area contributed by atoms with Gasteiger partial charge in [0.2, 0.25) is 5.54 Å². The summed E-state index contributed by atoms with van der Waals surface area (Å²) in [6.45, 7) is 3.10. The molecule has 0 radical (unpaired) electrons. The second-order valence-electron chi connectivity index (χ2n) is 5.75. The van der Waals surface area contributed by atoms with Crippen LogP contribution in [0.2, 0.25) is 0 Å². The molecule has 0 N–H and O–H groups in total. The van der Waals surface area contributed by atoms with E-state index >= 15 is 0 Å². The summed E-state index contributed by atoms with van der Waals surface area (Å²) in [5.41, 5.74) is -1.96. The SMILES string of the molecule is CCOC(=O)C(CC(Br)CBr)(C(=O)OCC)N1C(=O)c2ccccc2C1=O. The summed E-state index contributed by atoms with van der Waals surface area (Å²) in [6.07, 6.45) is -0.193. The first-order valence-corrected chi connectivity index (χ1v) is 10.4. The third-order valence-corrected chi connectivity index (χ3v) is 6.38. The van der Waals surface area contributed by atoms with Gasteiger partial charge in [-0.25, -0.2) is 14.5 Å². The number of carbonyl (C=O) groups is 4. The highest BCUT2D eigenvalue weighted by molar-refractivity contribution is 9.12. The van der Waals surface area contributed by atoms with E-state index in [1.54, 1.807) is 26.0 Å². The second-order valence-corrected chi connectivity index (χ2v) is 7.69. The molecule has 1 atom stereocenters. The van der Waals surface area contributed by atoms with Gasteiger partial charge in [-0.1, -0.05) is 44.0 Å². The second kappa shape index (κ2) is 8.97. The third-order valence-electron chi connectivity index (χ3n) is 4.09. The largest absolute Gasteiger partial charge is 0.464 e. The van der Waals surface area contributed by atoms with E-state index in [-0.39, 0.29) is 30.8 Å². The third kappa shape index (κ3) is 3.80. The summed E-state index contributed by atoms with van der Waals surface area (Å²) in [5.74, 6) is -3.45. The van der Waals surface area contributed by atoms with E-state index in [0.29, 0.717) is 10.2 Å². The van der Waals surface area contributed by atoms with Gasteiger partial charge in [-0.05, 0) is 26.0 Å². The first kappa shape index (κ1) is 21.6. The molecule has 1 aromatic rings. The van der Waals surface area contributed by atoms with Crippen molar-refractivity contribution >= 4 is 55.6 Å². The number of alkyl halides is 2. The van der Waals surface area contributed by atoms with E-state index in [1.165, 1.54) is 12.1 Å². The Hall–Kier alpha value is -1.74. The average molecular weight is 505 g/mol. The molecule has 1 heterocycles. The zero-order chi connectivity index (χ0) is 20.2. The smallest absolute Gasteiger partial charge is 0.344 e. The highest BCUT2D eigenvalue weighted by atomic mass is 79.9. The number of rotatable bonds is 8. The fourth-order valence-electron chi connectivity index (χ4n) is 2.94. The number of hydrogen-bond donors (Lipinski definition) is 0. The Morgan fingerprint density at radius 1 is 1.04 bits per heavy atom. The van der Waals surface area contributed by atoms with Crippen LogP contribution < -0.4 is 0 Å². The minimum absolute atomic E-state index is 0.0234. The van der Waals surface area contributed by atoms with E-state index in [9.17, 15) is 19.2 Å². The zero-order valence-electron chi connectivity index (χ0n) is 14.9. The molecule has 0 aromatic heterocycles. The van der Waals surface area contributed by atoms with Crippen molar-refractivity contribution < 1.29 is 28.7 Å². The number of fused-ring (bicyclic) bond motifs is 1. The number of hydrogen-bond acceptors (Lipinski definition) is 6. The van der Waals surface area contributed by atoms with Gasteiger partial charge in [0.05, 0.1) is 24.3 Å². The summed E-state index contributed by atoms with van der Waals surface area (Å²) < 4.78 is 10.2. The molecule has 0 saturated heterocycles. The number of benzene rings is 1. The lowest BCUT2D eigenvalue weighted by atomic mass is 9.91. The topological polar surface area (TPSA) is 90.0 Å². The number of halogens is 2. The maximum Gasteiger partial charge on any atom is 0.344 e. The Bertz CT molecular complexity index is 713. The molecule has 9 heteroatoms. The standard InChI is InChI=1S/C18H19Br2NO6/c1-3-26-16(24)18(9-11(20)10-19,17(25)27-4-2)21-14(22)12-7-5-6-8-13(12)15(21)23/h5-8,11H,3-4,9-10H2,1-2H3. The van der Waals surface area contributed by atoms with Crippen molar-refractivity contribution in [2.45, 2.75) is 30.6 Å². The number of carbonyl (C=O) groups excluding carboxylic acids is 4. The molecule has 0 bridgehead atoms. The molecule has 27 heavy (non-hydrogen) atoms. The number of imide groups is 1. The highest BCUT2D eigenvalue weighted by Gasteiger charge is 2.61. The van der Waals surface area contributed by atoms with E-state index in [2.05, 4.69) is 31.9 Å². The van der Waals surface area contributed by atoms with Crippen LogP contribution in [-0.2, 0) is 19.1 Å². The van der Waals surface area contributed by atoms with Crippen LogP contribution in [0.4, 0.5) is 0 Å². The summed E-state index contributed by atoms with van der Waals surface area (Å²) in [5, 5.41) is 0.372. The molecule has 1 aromatic carbocycles. The van der Waals surface area contributed by atoms with Crippen molar-refractivity contribution in [2.24, 2.45) is 0 Å². The number of amides is 2. The molecule has 0 aliphatic carbocycles. The van der Waals surface area contributed by atoms with Gasteiger partial charge in [-0.3, -0.25) is 9.59 Å². The Kier molecular flexibility index (Phi) is 7.16. The summed E-state index contributed by atoms with van der Waals surface area (Å²) in [4.78, 5) is 52.2. The summed E-state index contributed by atoms with van der Waals surface area (Å²) >= 11 is 6.63. The molecule has 7 nitrogen and oxygen atoms in total. The summed E-state index contributed by atoms with van der Waals surface area (Å²) in [6, 6.07) is 6.17. The molecular weight excluding hydrogens is 486 g/mol. The van der Waals surface area contributed by atoms with Crippen LogP contribution in [0, 0.1) is 0 Å². The van der Waals surface area contributed by atoms with Gasteiger partial charge >= 0.3 is 11.9 Å². The maximum atomic E-state index is 13.0. The van der Waals surface area contributed by atoms with Crippen molar-refractivity contribution in [2.75, 3.05) is 18.5 Å². The predicted molar refractivity (Wildman–Crippen MR) is 104 cm³/mol. The first-order valence-electron chi connectivity index (χ1n) is 8.37. The number of esters is 2. The molecule has 2 rings (SSSR count). The fraction of sp³-hybridized carbons (Fsp3) is 0.444. The van der Waals surface area contributed by atoms with Crippen LogP contribution in [-0.4, -0.2) is 57.6 Å². The summed E-state index contributed by atoms with van der Waals surface area (Å²) in [7, 11) is 0. The molecule has 1 aliphatic heterocycles.